The number of nitrogens with one attached hydrogen (secondary N) is 2. The van der Waals surface area contributed by atoms with E-state index in [1.165, 1.54) is 12.8 Å². The predicted molar refractivity (Wildman–Crippen MR) is 67.5 cm³/mol. The van der Waals surface area contributed by atoms with Crippen LogP contribution >= 0.6 is 0 Å². The molecule has 1 aliphatic carbocycles. The molecule has 0 amide bonds. The van der Waals surface area contributed by atoms with Crippen LogP contribution in [0.2, 0.25) is 0 Å². The molecule has 2 aliphatic rings. The highest BCUT2D eigenvalue weighted by molar-refractivity contribution is 7.89. The van der Waals surface area contributed by atoms with Gasteiger partial charge in [0.25, 0.3) is 0 Å². The standard InChI is InChI=1S/C10H20N4O2S/c1-11-10(13-9-3-4-9)12-5-7-14-6-2-8-17(14,15)16/h9H,2-8H2,1H3,(H2,11,12,13). The molecular weight excluding hydrogens is 240 g/mol. The van der Waals surface area contributed by atoms with Crippen LogP contribution in [0.25, 0.3) is 0 Å². The second-order valence-electron chi connectivity index (χ2n) is 4.49. The van der Waals surface area contributed by atoms with Crippen LogP contribution in [-0.2, 0) is 10.0 Å². The van der Waals surface area contributed by atoms with Crippen LogP contribution in [0.4, 0.5) is 0 Å². The van der Waals surface area contributed by atoms with Crippen LogP contribution < -0.4 is 10.6 Å². The maximum Gasteiger partial charge on any atom is 0.214 e. The van der Waals surface area contributed by atoms with Crippen molar-refractivity contribution >= 4 is 16.0 Å². The van der Waals surface area contributed by atoms with Crippen LogP contribution in [0, 0.1) is 0 Å². The van der Waals surface area contributed by atoms with Gasteiger partial charge in [0.05, 0.1) is 5.75 Å². The zero-order chi connectivity index (χ0) is 12.3. The number of hydrogen-bond donors (Lipinski definition) is 2. The monoisotopic (exact) mass is 260 g/mol. The van der Waals surface area contributed by atoms with E-state index in [-0.39, 0.29) is 0 Å². The summed E-state index contributed by atoms with van der Waals surface area (Å²) in [5, 5.41) is 6.40. The maximum atomic E-state index is 11.5. The van der Waals surface area contributed by atoms with Crippen molar-refractivity contribution in [3.63, 3.8) is 0 Å². The molecule has 0 aromatic carbocycles. The van der Waals surface area contributed by atoms with Gasteiger partial charge in [-0.15, -0.1) is 0 Å². The van der Waals surface area contributed by atoms with Crippen LogP contribution in [0.15, 0.2) is 4.99 Å². The SMILES string of the molecule is CN=C(NCCN1CCCS1(=O)=O)NC1CC1. The lowest BCUT2D eigenvalue weighted by atomic mass is 10.5. The van der Waals surface area contributed by atoms with Gasteiger partial charge in [-0.05, 0) is 19.3 Å². The van der Waals surface area contributed by atoms with Crippen molar-refractivity contribution in [1.29, 1.82) is 0 Å². The molecule has 1 saturated carbocycles. The Labute approximate surface area is 103 Å². The van der Waals surface area contributed by atoms with Gasteiger partial charge in [-0.25, -0.2) is 12.7 Å². The average Bonchev–Trinajstić information content (AvgIpc) is 3.03. The third-order valence-electron chi connectivity index (χ3n) is 3.00. The number of rotatable bonds is 4. The summed E-state index contributed by atoms with van der Waals surface area (Å²) >= 11 is 0. The second kappa shape index (κ2) is 5.22. The first-order valence-corrected chi connectivity index (χ1v) is 7.68. The van der Waals surface area contributed by atoms with Crippen molar-refractivity contribution in [1.82, 2.24) is 14.9 Å². The topological polar surface area (TPSA) is 73.8 Å². The second-order valence-corrected chi connectivity index (χ2v) is 6.57. The quantitative estimate of drug-likeness (QED) is 0.520. The normalized spacial score (nSPS) is 24.9. The molecule has 2 rings (SSSR count). The fourth-order valence-corrected chi connectivity index (χ4v) is 3.39. The molecule has 0 aromatic rings. The molecule has 6 nitrogen and oxygen atoms in total. The Morgan fingerprint density at radius 3 is 2.76 bits per heavy atom. The van der Waals surface area contributed by atoms with Crippen molar-refractivity contribution in [2.24, 2.45) is 4.99 Å². The predicted octanol–water partition coefficient (Wildman–Crippen LogP) is -0.651. The molecule has 17 heavy (non-hydrogen) atoms. The molecular formula is C10H20N4O2S. The molecule has 2 N–H and O–H groups in total. The Morgan fingerprint density at radius 1 is 1.47 bits per heavy atom. The zero-order valence-corrected chi connectivity index (χ0v) is 11.0. The Morgan fingerprint density at radius 2 is 2.24 bits per heavy atom. The molecule has 7 heteroatoms. The summed E-state index contributed by atoms with van der Waals surface area (Å²) in [7, 11) is -1.24. The van der Waals surface area contributed by atoms with Crippen LogP contribution in [0.3, 0.4) is 0 Å². The van der Waals surface area contributed by atoms with Crippen molar-refractivity contribution in [3.8, 4) is 0 Å². The molecule has 0 aromatic heterocycles. The smallest absolute Gasteiger partial charge is 0.214 e. The Bertz CT molecular complexity index is 389. The highest BCUT2D eigenvalue weighted by atomic mass is 32.2. The minimum absolute atomic E-state index is 0.294. The summed E-state index contributed by atoms with van der Waals surface area (Å²) in [5.41, 5.74) is 0. The van der Waals surface area contributed by atoms with E-state index in [4.69, 9.17) is 0 Å². The minimum atomic E-state index is -2.97. The van der Waals surface area contributed by atoms with E-state index in [1.54, 1.807) is 11.4 Å². The van der Waals surface area contributed by atoms with E-state index >= 15 is 0 Å². The van der Waals surface area contributed by atoms with Gasteiger partial charge in [0.2, 0.25) is 10.0 Å². The Balaban J connectivity index is 1.71. The third-order valence-corrected chi connectivity index (χ3v) is 4.96. The average molecular weight is 260 g/mol. The minimum Gasteiger partial charge on any atom is -0.355 e. The van der Waals surface area contributed by atoms with E-state index < -0.39 is 10.0 Å². The molecule has 1 aliphatic heterocycles. The Hall–Kier alpha value is -0.820. The molecule has 98 valence electrons. The fourth-order valence-electron chi connectivity index (χ4n) is 1.86. The lowest BCUT2D eigenvalue weighted by Gasteiger charge is -2.16. The van der Waals surface area contributed by atoms with Crippen molar-refractivity contribution in [2.45, 2.75) is 25.3 Å². The van der Waals surface area contributed by atoms with E-state index in [2.05, 4.69) is 15.6 Å². The van der Waals surface area contributed by atoms with E-state index in [0.717, 1.165) is 12.4 Å². The molecule has 0 atom stereocenters. The van der Waals surface area contributed by atoms with Gasteiger partial charge in [-0.1, -0.05) is 0 Å². The van der Waals surface area contributed by atoms with Gasteiger partial charge in [0, 0.05) is 32.7 Å². The summed E-state index contributed by atoms with van der Waals surface area (Å²) in [6.07, 6.45) is 3.14. The van der Waals surface area contributed by atoms with Crippen molar-refractivity contribution < 1.29 is 8.42 Å². The highest BCUT2D eigenvalue weighted by Gasteiger charge is 2.27. The van der Waals surface area contributed by atoms with E-state index in [9.17, 15) is 8.42 Å². The first-order chi connectivity index (χ1) is 8.12. The van der Waals surface area contributed by atoms with Gasteiger partial charge in [0.15, 0.2) is 5.96 Å². The number of aliphatic imine (C=N–C) groups is 1. The van der Waals surface area contributed by atoms with Crippen LogP contribution in [0.5, 0.6) is 0 Å². The highest BCUT2D eigenvalue weighted by Crippen LogP contribution is 2.18. The number of sulfonamides is 1. The van der Waals surface area contributed by atoms with Gasteiger partial charge < -0.3 is 10.6 Å². The maximum absolute atomic E-state index is 11.5. The summed E-state index contributed by atoms with van der Waals surface area (Å²) in [6, 6.07) is 0.553. The molecule has 1 heterocycles. The molecule has 0 spiro atoms. The number of hydrogen-bond acceptors (Lipinski definition) is 3. The summed E-state index contributed by atoms with van der Waals surface area (Å²) in [5.74, 6) is 1.06. The zero-order valence-electron chi connectivity index (χ0n) is 10.1. The van der Waals surface area contributed by atoms with Crippen LogP contribution in [0.1, 0.15) is 19.3 Å². The molecule has 0 radical (unpaired) electrons. The van der Waals surface area contributed by atoms with Crippen molar-refractivity contribution in [2.75, 3.05) is 32.4 Å². The van der Waals surface area contributed by atoms with Gasteiger partial charge in [0.1, 0.15) is 0 Å². The number of guanidine groups is 1. The van der Waals surface area contributed by atoms with E-state index in [0.29, 0.717) is 31.4 Å². The molecule has 1 saturated heterocycles. The lowest BCUT2D eigenvalue weighted by molar-refractivity contribution is 0.445. The molecule has 0 unspecified atom stereocenters. The van der Waals surface area contributed by atoms with Gasteiger partial charge in [-0.3, -0.25) is 4.99 Å². The first-order valence-electron chi connectivity index (χ1n) is 6.07. The molecule has 0 bridgehead atoms. The summed E-state index contributed by atoms with van der Waals surface area (Å²) in [4.78, 5) is 4.10. The molecule has 2 fully saturated rings. The van der Waals surface area contributed by atoms with Gasteiger partial charge in [-0.2, -0.15) is 0 Å². The summed E-state index contributed by atoms with van der Waals surface area (Å²) < 4.78 is 24.6. The largest absolute Gasteiger partial charge is 0.355 e. The van der Waals surface area contributed by atoms with E-state index in [1.807, 2.05) is 0 Å². The number of nitrogens with zero attached hydrogens (tertiary/aromatic N) is 2. The lowest BCUT2D eigenvalue weighted by Crippen LogP contribution is -2.42. The van der Waals surface area contributed by atoms with Crippen LogP contribution in [-0.4, -0.2) is 57.2 Å². The first kappa shape index (κ1) is 12.6. The van der Waals surface area contributed by atoms with Gasteiger partial charge >= 0.3 is 0 Å². The fraction of sp³-hybridized carbons (Fsp3) is 0.900. The third kappa shape index (κ3) is 3.57. The Kier molecular flexibility index (Phi) is 3.88. The summed E-state index contributed by atoms with van der Waals surface area (Å²) in [6.45, 7) is 1.78. The van der Waals surface area contributed by atoms with Crippen molar-refractivity contribution in [3.05, 3.63) is 0 Å².